The van der Waals surface area contributed by atoms with E-state index in [-0.39, 0.29) is 18.5 Å². The van der Waals surface area contributed by atoms with Crippen LogP contribution < -0.4 is 5.32 Å². The van der Waals surface area contributed by atoms with Crippen molar-refractivity contribution >= 4 is 11.9 Å². The number of carbonyl (C=O) groups excluding carboxylic acids is 2. The Bertz CT molecular complexity index is 1060. The van der Waals surface area contributed by atoms with E-state index < -0.39 is 12.1 Å². The number of aliphatic hydroxyl groups is 2. The first-order valence-corrected chi connectivity index (χ1v) is 32.4. The van der Waals surface area contributed by atoms with E-state index in [1.54, 1.807) is 0 Å². The fourth-order valence-electron chi connectivity index (χ4n) is 10.3. The topological polar surface area (TPSA) is 95.9 Å². The molecule has 71 heavy (non-hydrogen) atoms. The summed E-state index contributed by atoms with van der Waals surface area (Å²) in [7, 11) is 0. The summed E-state index contributed by atoms with van der Waals surface area (Å²) in [5.41, 5.74) is 0. The number of allylic oxidation sites excluding steroid dienone is 2. The number of carbonyl (C=O) groups is 2. The minimum atomic E-state index is -0.666. The molecule has 0 aromatic heterocycles. The Morgan fingerprint density at radius 1 is 0.380 bits per heavy atom. The van der Waals surface area contributed by atoms with Gasteiger partial charge in [0.15, 0.2) is 0 Å². The van der Waals surface area contributed by atoms with Gasteiger partial charge >= 0.3 is 5.97 Å². The van der Waals surface area contributed by atoms with Gasteiger partial charge in [-0.15, -0.1) is 0 Å². The number of amides is 1. The molecule has 0 fully saturated rings. The molecule has 0 aromatic carbocycles. The summed E-state index contributed by atoms with van der Waals surface area (Å²) in [6, 6.07) is -0.543. The number of hydrogen-bond donors (Lipinski definition) is 3. The van der Waals surface area contributed by atoms with Crippen LogP contribution in [0.5, 0.6) is 0 Å². The Kier molecular flexibility index (Phi) is 59.9. The van der Waals surface area contributed by atoms with Crippen LogP contribution in [-0.4, -0.2) is 47.4 Å². The van der Waals surface area contributed by atoms with Crippen molar-refractivity contribution in [2.75, 3.05) is 13.2 Å². The zero-order valence-electron chi connectivity index (χ0n) is 48.2. The molecule has 0 aliphatic rings. The van der Waals surface area contributed by atoms with Gasteiger partial charge < -0.3 is 20.3 Å². The van der Waals surface area contributed by atoms with Gasteiger partial charge in [0, 0.05) is 12.8 Å². The number of ether oxygens (including phenoxy) is 1. The Morgan fingerprint density at radius 3 is 1.00 bits per heavy atom. The number of esters is 1. The summed E-state index contributed by atoms with van der Waals surface area (Å²) in [4.78, 5) is 24.6. The van der Waals surface area contributed by atoms with Crippen LogP contribution in [0.4, 0.5) is 0 Å². The monoisotopic (exact) mass is 1000 g/mol. The first-order chi connectivity index (χ1) is 35.0. The Hall–Kier alpha value is -1.40. The lowest BCUT2D eigenvalue weighted by Crippen LogP contribution is -2.45. The van der Waals surface area contributed by atoms with Gasteiger partial charge in [-0.3, -0.25) is 9.59 Å². The summed E-state index contributed by atoms with van der Waals surface area (Å²) in [5, 5.41) is 23.4. The zero-order valence-corrected chi connectivity index (χ0v) is 48.2. The lowest BCUT2D eigenvalue weighted by Gasteiger charge is -2.22. The highest BCUT2D eigenvalue weighted by atomic mass is 16.5. The van der Waals surface area contributed by atoms with E-state index in [4.69, 9.17) is 4.74 Å². The average Bonchev–Trinajstić information content (AvgIpc) is 3.37. The number of unbranched alkanes of at least 4 members (excludes halogenated alkanes) is 48. The molecule has 1 amide bonds. The first-order valence-electron chi connectivity index (χ1n) is 32.4. The van der Waals surface area contributed by atoms with Crippen molar-refractivity contribution in [2.45, 2.75) is 379 Å². The molecule has 0 aliphatic heterocycles. The lowest BCUT2D eigenvalue weighted by atomic mass is 10.0. The van der Waals surface area contributed by atoms with Gasteiger partial charge in [-0.25, -0.2) is 0 Å². The Balaban J connectivity index is 3.39. The van der Waals surface area contributed by atoms with Crippen LogP contribution in [0.25, 0.3) is 0 Å². The Morgan fingerprint density at radius 2 is 0.662 bits per heavy atom. The third kappa shape index (κ3) is 57.7. The molecule has 2 atom stereocenters. The maximum atomic E-state index is 12.5. The van der Waals surface area contributed by atoms with Crippen LogP contribution in [0.3, 0.4) is 0 Å². The summed E-state index contributed by atoms with van der Waals surface area (Å²) in [6.45, 7) is 4.97. The second-order valence-corrected chi connectivity index (χ2v) is 22.5. The summed E-state index contributed by atoms with van der Waals surface area (Å²) >= 11 is 0. The summed E-state index contributed by atoms with van der Waals surface area (Å²) < 4.78 is 5.48. The smallest absolute Gasteiger partial charge is 0.305 e. The third-order valence-electron chi connectivity index (χ3n) is 15.3. The maximum absolute atomic E-state index is 12.5. The largest absolute Gasteiger partial charge is 0.466 e. The van der Waals surface area contributed by atoms with E-state index in [1.807, 2.05) is 0 Å². The second kappa shape index (κ2) is 61.1. The molecule has 2 unspecified atom stereocenters. The van der Waals surface area contributed by atoms with Gasteiger partial charge in [-0.05, 0) is 51.4 Å². The van der Waals surface area contributed by atoms with E-state index in [9.17, 15) is 19.8 Å². The zero-order chi connectivity index (χ0) is 51.4. The number of rotatable bonds is 61. The molecule has 0 heterocycles. The molecular weight excluding hydrogens is 875 g/mol. The third-order valence-corrected chi connectivity index (χ3v) is 15.3. The van der Waals surface area contributed by atoms with E-state index in [0.29, 0.717) is 25.9 Å². The fraction of sp³-hybridized carbons (Fsp3) is 0.938. The highest BCUT2D eigenvalue weighted by Crippen LogP contribution is 2.18. The molecule has 0 rings (SSSR count). The van der Waals surface area contributed by atoms with Gasteiger partial charge in [0.25, 0.3) is 0 Å². The predicted octanol–water partition coefficient (Wildman–Crippen LogP) is 20.4. The van der Waals surface area contributed by atoms with Crippen molar-refractivity contribution in [2.24, 2.45) is 0 Å². The number of hydrogen-bond acceptors (Lipinski definition) is 5. The molecule has 0 saturated carbocycles. The standard InChI is InChI=1S/C65H127NO5/c1-3-5-7-9-11-13-15-17-19-20-23-26-30-33-37-41-45-49-53-57-63(68)62(61-67)66-64(69)58-54-50-46-42-38-34-31-27-24-21-22-25-28-32-36-40-44-48-52-56-60-71-65(70)59-55-51-47-43-39-35-29-18-16-14-12-10-8-6-4-2/h18,29,62-63,67-68H,3-17,19-28,30-61H2,1-2H3,(H,66,69)/b29-18-. The molecule has 0 aliphatic carbocycles. The van der Waals surface area contributed by atoms with Crippen LogP contribution >= 0.6 is 0 Å². The Labute approximate surface area is 444 Å². The minimum Gasteiger partial charge on any atom is -0.466 e. The van der Waals surface area contributed by atoms with Crippen molar-refractivity contribution in [3.8, 4) is 0 Å². The molecule has 0 saturated heterocycles. The molecule has 0 radical (unpaired) electrons. The van der Waals surface area contributed by atoms with E-state index >= 15 is 0 Å². The molecule has 0 bridgehead atoms. The molecule has 3 N–H and O–H groups in total. The maximum Gasteiger partial charge on any atom is 0.305 e. The highest BCUT2D eigenvalue weighted by Gasteiger charge is 2.20. The second-order valence-electron chi connectivity index (χ2n) is 22.5. The first kappa shape index (κ1) is 69.6. The molecular formula is C65H127NO5. The normalized spacial score (nSPS) is 12.6. The van der Waals surface area contributed by atoms with Crippen LogP contribution in [0, 0.1) is 0 Å². The fourth-order valence-corrected chi connectivity index (χ4v) is 10.3. The van der Waals surface area contributed by atoms with Crippen LogP contribution in [0.15, 0.2) is 12.2 Å². The molecule has 6 heteroatoms. The van der Waals surface area contributed by atoms with Crippen molar-refractivity contribution in [1.82, 2.24) is 5.32 Å². The molecule has 0 aromatic rings. The number of aliphatic hydroxyl groups excluding tert-OH is 2. The SMILES string of the molecule is CCCCCCCC/C=C\CCCCCCCC(=O)OCCCCCCCCCCCCCCCCCCCCCCC(=O)NC(CO)C(O)CCCCCCCCCCCCCCCCCCCCC. The summed E-state index contributed by atoms with van der Waals surface area (Å²) in [5.74, 6) is -0.0293. The van der Waals surface area contributed by atoms with Gasteiger partial charge in [0.2, 0.25) is 5.91 Å². The van der Waals surface area contributed by atoms with Crippen molar-refractivity contribution in [3.63, 3.8) is 0 Å². The van der Waals surface area contributed by atoms with Gasteiger partial charge in [0.1, 0.15) is 0 Å². The van der Waals surface area contributed by atoms with Crippen LogP contribution in [0.2, 0.25) is 0 Å². The van der Waals surface area contributed by atoms with E-state index in [2.05, 4.69) is 31.3 Å². The molecule has 0 spiro atoms. The van der Waals surface area contributed by atoms with E-state index in [1.165, 1.54) is 289 Å². The van der Waals surface area contributed by atoms with Crippen LogP contribution in [0.1, 0.15) is 367 Å². The quantitative estimate of drug-likeness (QED) is 0.0320. The summed E-state index contributed by atoms with van der Waals surface area (Å²) in [6.07, 6.45) is 73.7. The van der Waals surface area contributed by atoms with Crippen molar-refractivity contribution in [3.05, 3.63) is 12.2 Å². The lowest BCUT2D eigenvalue weighted by molar-refractivity contribution is -0.143. The highest BCUT2D eigenvalue weighted by molar-refractivity contribution is 5.76. The van der Waals surface area contributed by atoms with Gasteiger partial charge in [-0.2, -0.15) is 0 Å². The van der Waals surface area contributed by atoms with Gasteiger partial charge in [0.05, 0.1) is 25.4 Å². The van der Waals surface area contributed by atoms with Crippen molar-refractivity contribution < 1.29 is 24.5 Å². The van der Waals surface area contributed by atoms with E-state index in [0.717, 1.165) is 44.9 Å². The average molecular weight is 1000 g/mol. The van der Waals surface area contributed by atoms with Crippen LogP contribution in [-0.2, 0) is 14.3 Å². The van der Waals surface area contributed by atoms with Crippen molar-refractivity contribution in [1.29, 1.82) is 0 Å². The molecule has 422 valence electrons. The van der Waals surface area contributed by atoms with Gasteiger partial charge in [-0.1, -0.05) is 315 Å². The predicted molar refractivity (Wildman–Crippen MR) is 310 cm³/mol. The molecule has 6 nitrogen and oxygen atoms in total. The number of nitrogens with one attached hydrogen (secondary N) is 1. The minimum absolute atomic E-state index is 0.00373.